The molecule has 0 fully saturated rings. The third kappa shape index (κ3) is 3.09. The normalized spacial score (nSPS) is 22.7. The summed E-state index contributed by atoms with van der Waals surface area (Å²) in [5, 5.41) is 0. The fourth-order valence-electron chi connectivity index (χ4n) is 5.79. The van der Waals surface area contributed by atoms with Gasteiger partial charge >= 0.3 is 0 Å². The Morgan fingerprint density at radius 1 is 0.417 bits per heavy atom. The van der Waals surface area contributed by atoms with Gasteiger partial charge in [-0.25, -0.2) is 9.78 Å². The highest BCUT2D eigenvalue weighted by Gasteiger charge is 2.60. The number of fused-ring (bicyclic) bond motifs is 1. The Balaban J connectivity index is 1.61. The van der Waals surface area contributed by atoms with Crippen LogP contribution >= 0.6 is 0 Å². The molecule has 0 radical (unpaired) electrons. The molecule has 0 unspecified atom stereocenters. The van der Waals surface area contributed by atoms with E-state index in [1.807, 2.05) is 0 Å². The summed E-state index contributed by atoms with van der Waals surface area (Å²) in [6, 6.07) is 34.7. The maximum absolute atomic E-state index is 6.58. The standard InChI is InChI=1S/C32H34N2O2/c1-33(2,3)25-19-15-23(16-20-25)31-27-11-7-9-13-29(27)32(36-35-31,30-14-10-8-12-28(30)31)24-17-21-26(22-18-24)34(4,5)6/h7-22H,1-6H3/q+2. The minimum absolute atomic E-state index is 0.754. The van der Waals surface area contributed by atoms with E-state index >= 15 is 0 Å². The summed E-state index contributed by atoms with van der Waals surface area (Å²) in [5.74, 6) is 0. The number of benzene rings is 4. The van der Waals surface area contributed by atoms with E-state index in [1.54, 1.807) is 0 Å². The van der Waals surface area contributed by atoms with Crippen molar-refractivity contribution in [1.29, 1.82) is 0 Å². The molecule has 36 heavy (non-hydrogen) atoms. The Bertz CT molecular complexity index is 1280. The van der Waals surface area contributed by atoms with Crippen molar-refractivity contribution >= 4 is 11.4 Å². The highest BCUT2D eigenvalue weighted by atomic mass is 17.2. The van der Waals surface area contributed by atoms with E-state index in [1.165, 1.54) is 11.4 Å². The molecule has 2 aliphatic heterocycles. The first-order valence-electron chi connectivity index (χ1n) is 12.5. The molecule has 4 aromatic rings. The van der Waals surface area contributed by atoms with Crippen molar-refractivity contribution in [2.75, 3.05) is 42.3 Å². The van der Waals surface area contributed by atoms with Gasteiger partial charge in [0, 0.05) is 22.3 Å². The van der Waals surface area contributed by atoms with Crippen LogP contribution in [-0.2, 0) is 21.0 Å². The predicted molar refractivity (Wildman–Crippen MR) is 147 cm³/mol. The van der Waals surface area contributed by atoms with Crippen LogP contribution in [0.4, 0.5) is 11.4 Å². The number of quaternary nitrogens is 2. The lowest BCUT2D eigenvalue weighted by atomic mass is 9.62. The first-order chi connectivity index (χ1) is 17.1. The SMILES string of the molecule is C[N+](C)(C)c1ccc(C23OOC(c4ccc([N+](C)(C)C)cc4)(c4ccccc42)c2ccccc23)cc1. The largest absolute Gasteiger partial charge is 0.298 e. The fraction of sp³-hybridized carbons (Fsp3) is 0.250. The molecule has 0 spiro atoms. The molecular weight excluding hydrogens is 444 g/mol. The average molecular weight is 479 g/mol. The number of rotatable bonds is 4. The van der Waals surface area contributed by atoms with Gasteiger partial charge in [0.25, 0.3) is 0 Å². The van der Waals surface area contributed by atoms with Crippen LogP contribution in [0.2, 0.25) is 0 Å². The summed E-state index contributed by atoms with van der Waals surface area (Å²) in [6.07, 6.45) is 0. The maximum atomic E-state index is 6.58. The van der Waals surface area contributed by atoms with Crippen molar-refractivity contribution < 1.29 is 9.78 Å². The Morgan fingerprint density at radius 2 is 0.694 bits per heavy atom. The molecule has 7 rings (SSSR count). The molecule has 4 heteroatoms. The summed E-state index contributed by atoms with van der Waals surface area (Å²) in [6.45, 7) is 0. The molecule has 0 N–H and O–H groups in total. The topological polar surface area (TPSA) is 18.5 Å². The van der Waals surface area contributed by atoms with Crippen molar-refractivity contribution in [2.45, 2.75) is 11.2 Å². The zero-order valence-corrected chi connectivity index (χ0v) is 21.9. The zero-order chi connectivity index (χ0) is 25.3. The molecule has 3 aliphatic rings. The molecule has 2 bridgehead atoms. The molecule has 2 heterocycles. The lowest BCUT2D eigenvalue weighted by molar-refractivity contribution is -0.410. The molecule has 4 aromatic carbocycles. The van der Waals surface area contributed by atoms with Gasteiger partial charge in [0.15, 0.2) is 11.2 Å². The minimum atomic E-state index is -0.833. The highest BCUT2D eigenvalue weighted by molar-refractivity contribution is 5.67. The van der Waals surface area contributed by atoms with E-state index in [9.17, 15) is 0 Å². The zero-order valence-electron chi connectivity index (χ0n) is 21.9. The molecule has 0 amide bonds. The molecule has 4 nitrogen and oxygen atoms in total. The number of hydrogen-bond donors (Lipinski definition) is 0. The predicted octanol–water partition coefficient (Wildman–Crippen LogP) is 5.94. The van der Waals surface area contributed by atoms with Crippen LogP contribution in [0.3, 0.4) is 0 Å². The van der Waals surface area contributed by atoms with E-state index in [0.29, 0.717) is 0 Å². The van der Waals surface area contributed by atoms with Crippen LogP contribution in [-0.4, -0.2) is 42.3 Å². The summed E-state index contributed by atoms with van der Waals surface area (Å²) in [7, 11) is 13.1. The molecule has 182 valence electrons. The second kappa shape index (κ2) is 7.61. The summed E-state index contributed by atoms with van der Waals surface area (Å²) >= 11 is 0. The van der Waals surface area contributed by atoms with Crippen molar-refractivity contribution in [1.82, 2.24) is 8.97 Å². The molecule has 0 atom stereocenters. The van der Waals surface area contributed by atoms with Gasteiger partial charge in [0.2, 0.25) is 0 Å². The highest BCUT2D eigenvalue weighted by Crippen LogP contribution is 2.61. The Labute approximate surface area is 214 Å². The third-order valence-electron chi connectivity index (χ3n) is 7.76. The summed E-state index contributed by atoms with van der Waals surface area (Å²) in [5.41, 5.74) is 7.44. The molecule has 0 saturated heterocycles. The minimum Gasteiger partial charge on any atom is -0.298 e. The first kappa shape index (κ1) is 23.1. The van der Waals surface area contributed by atoms with Crippen molar-refractivity contribution in [3.63, 3.8) is 0 Å². The second-order valence-electron chi connectivity index (χ2n) is 11.7. The molecule has 0 saturated carbocycles. The van der Waals surface area contributed by atoms with E-state index in [4.69, 9.17) is 9.78 Å². The third-order valence-corrected chi connectivity index (χ3v) is 7.76. The van der Waals surface area contributed by atoms with Crippen LogP contribution < -0.4 is 8.97 Å². The van der Waals surface area contributed by atoms with Crippen LogP contribution in [0.25, 0.3) is 0 Å². The van der Waals surface area contributed by atoms with Gasteiger partial charge in [-0.1, -0.05) is 48.5 Å². The monoisotopic (exact) mass is 478 g/mol. The molecular formula is C32H34N2O2+2. The average Bonchev–Trinajstić information content (AvgIpc) is 2.88. The van der Waals surface area contributed by atoms with Crippen molar-refractivity contribution in [3.05, 3.63) is 130 Å². The first-order valence-corrected chi connectivity index (χ1v) is 12.5. The van der Waals surface area contributed by atoms with Gasteiger partial charge < -0.3 is 0 Å². The van der Waals surface area contributed by atoms with Gasteiger partial charge in [-0.3, -0.25) is 8.97 Å². The van der Waals surface area contributed by atoms with E-state index in [-0.39, 0.29) is 0 Å². The fourth-order valence-corrected chi connectivity index (χ4v) is 5.79. The smallest absolute Gasteiger partial charge is 0.179 e. The second-order valence-corrected chi connectivity index (χ2v) is 11.7. The maximum Gasteiger partial charge on any atom is 0.179 e. The van der Waals surface area contributed by atoms with Crippen LogP contribution in [0.15, 0.2) is 97.1 Å². The van der Waals surface area contributed by atoms with Gasteiger partial charge in [-0.05, 0) is 59.7 Å². The Hall–Kier alpha value is -3.28. The summed E-state index contributed by atoms with van der Waals surface area (Å²) < 4.78 is 1.51. The Kier molecular flexibility index (Phi) is 4.89. The van der Waals surface area contributed by atoms with Crippen molar-refractivity contribution in [2.24, 2.45) is 0 Å². The van der Waals surface area contributed by atoms with Gasteiger partial charge in [0.05, 0.1) is 42.3 Å². The van der Waals surface area contributed by atoms with Gasteiger partial charge in [-0.2, -0.15) is 0 Å². The summed E-state index contributed by atoms with van der Waals surface area (Å²) in [4.78, 5) is 13.2. The molecule has 1 aliphatic carbocycles. The lowest BCUT2D eigenvalue weighted by Crippen LogP contribution is -2.53. The van der Waals surface area contributed by atoms with E-state index in [2.05, 4.69) is 139 Å². The van der Waals surface area contributed by atoms with E-state index < -0.39 is 11.2 Å². The van der Waals surface area contributed by atoms with Crippen molar-refractivity contribution in [3.8, 4) is 0 Å². The number of nitrogens with zero attached hydrogens (tertiary/aromatic N) is 2. The quantitative estimate of drug-likeness (QED) is 0.267. The van der Waals surface area contributed by atoms with Crippen LogP contribution in [0.1, 0.15) is 33.4 Å². The molecule has 0 aromatic heterocycles. The van der Waals surface area contributed by atoms with Gasteiger partial charge in [-0.15, -0.1) is 0 Å². The van der Waals surface area contributed by atoms with Gasteiger partial charge in [0.1, 0.15) is 11.4 Å². The lowest BCUT2D eigenvalue weighted by Gasteiger charge is -2.53. The van der Waals surface area contributed by atoms with Crippen LogP contribution in [0.5, 0.6) is 0 Å². The van der Waals surface area contributed by atoms with E-state index in [0.717, 1.165) is 42.3 Å². The Morgan fingerprint density at radius 3 is 0.944 bits per heavy atom. The van der Waals surface area contributed by atoms with Crippen LogP contribution in [0, 0.1) is 0 Å². The number of hydrogen-bond acceptors (Lipinski definition) is 2.